The molecule has 3 N–H and O–H groups in total. The molecule has 0 unspecified atom stereocenters. The Bertz CT molecular complexity index is 637. The molecule has 2 aromatic rings. The van der Waals surface area contributed by atoms with Crippen molar-refractivity contribution in [3.63, 3.8) is 0 Å². The fourth-order valence-electron chi connectivity index (χ4n) is 2.07. The summed E-state index contributed by atoms with van der Waals surface area (Å²) >= 11 is 4.00. The third kappa shape index (κ3) is 3.30. The topological polar surface area (TPSA) is 72.2 Å². The molecular weight excluding hydrogens is 272 g/mol. The Balaban J connectivity index is 2.16. The Labute approximate surface area is 122 Å². The summed E-state index contributed by atoms with van der Waals surface area (Å²) in [5, 5.41) is 4.71. The molecule has 2 aromatic carbocycles. The van der Waals surface area contributed by atoms with Crippen LogP contribution in [-0.4, -0.2) is 23.6 Å². The van der Waals surface area contributed by atoms with Gasteiger partial charge in [0.15, 0.2) is 0 Å². The number of rotatable bonds is 5. The summed E-state index contributed by atoms with van der Waals surface area (Å²) in [7, 11) is 0. The van der Waals surface area contributed by atoms with Gasteiger partial charge in [0.2, 0.25) is 11.8 Å². The summed E-state index contributed by atoms with van der Waals surface area (Å²) in [5.41, 5.74) is 6.10. The van der Waals surface area contributed by atoms with Gasteiger partial charge in [0.25, 0.3) is 0 Å². The van der Waals surface area contributed by atoms with Crippen LogP contribution >= 0.6 is 12.6 Å². The van der Waals surface area contributed by atoms with Crippen molar-refractivity contribution < 1.29 is 9.59 Å². The molecule has 0 spiro atoms. The van der Waals surface area contributed by atoms with Crippen molar-refractivity contribution >= 4 is 35.2 Å². The summed E-state index contributed by atoms with van der Waals surface area (Å²) in [6, 6.07) is 12.9. The lowest BCUT2D eigenvalue weighted by Crippen LogP contribution is -2.46. The van der Waals surface area contributed by atoms with Gasteiger partial charge in [-0.25, -0.2) is 0 Å². The molecule has 5 heteroatoms. The number of nitrogens with one attached hydrogen (secondary N) is 1. The maximum Gasteiger partial charge on any atom is 0.240 e. The highest BCUT2D eigenvalue weighted by atomic mass is 32.1. The smallest absolute Gasteiger partial charge is 0.240 e. The number of hydrogen-bond acceptors (Lipinski definition) is 3. The van der Waals surface area contributed by atoms with Crippen molar-refractivity contribution in [2.45, 2.75) is 12.5 Å². The molecule has 0 saturated carbocycles. The Morgan fingerprint density at radius 2 is 1.85 bits per heavy atom. The molecule has 2 rings (SSSR count). The molecule has 0 aliphatic rings. The molecular formula is C15H16N2O2S. The normalized spacial score (nSPS) is 12.1. The lowest BCUT2D eigenvalue weighted by Gasteiger charge is -2.13. The first-order valence-electron chi connectivity index (χ1n) is 6.28. The number of hydrogen-bond donors (Lipinski definition) is 3. The molecule has 104 valence electrons. The van der Waals surface area contributed by atoms with Crippen LogP contribution in [0.15, 0.2) is 42.5 Å². The molecule has 0 saturated heterocycles. The van der Waals surface area contributed by atoms with Crippen LogP contribution in [0.3, 0.4) is 0 Å². The molecule has 0 aromatic heterocycles. The predicted octanol–water partition coefficient (Wildman–Crippen LogP) is 1.28. The molecule has 0 heterocycles. The first kappa shape index (κ1) is 14.4. The zero-order valence-electron chi connectivity index (χ0n) is 10.9. The molecule has 0 fully saturated rings. The number of fused-ring (bicyclic) bond motifs is 1. The Hall–Kier alpha value is -2.01. The van der Waals surface area contributed by atoms with E-state index in [2.05, 4.69) is 17.9 Å². The van der Waals surface area contributed by atoms with Gasteiger partial charge in [-0.15, -0.1) is 0 Å². The summed E-state index contributed by atoms with van der Waals surface area (Å²) in [5.74, 6) is -0.623. The van der Waals surface area contributed by atoms with E-state index in [-0.39, 0.29) is 18.1 Å². The van der Waals surface area contributed by atoms with Gasteiger partial charge in [0.1, 0.15) is 6.04 Å². The number of carbonyl (C=O) groups is 2. The summed E-state index contributed by atoms with van der Waals surface area (Å²) in [4.78, 5) is 23.1. The van der Waals surface area contributed by atoms with Crippen molar-refractivity contribution in [3.8, 4) is 0 Å². The van der Waals surface area contributed by atoms with E-state index in [9.17, 15) is 9.59 Å². The van der Waals surface area contributed by atoms with E-state index < -0.39 is 11.9 Å². The lowest BCUT2D eigenvalue weighted by atomic mass is 10.0. The van der Waals surface area contributed by atoms with Crippen LogP contribution in [0.2, 0.25) is 0 Å². The summed E-state index contributed by atoms with van der Waals surface area (Å²) < 4.78 is 0. The molecule has 0 bridgehead atoms. The minimum absolute atomic E-state index is 0.191. The van der Waals surface area contributed by atoms with Crippen LogP contribution in [0.25, 0.3) is 10.8 Å². The van der Waals surface area contributed by atoms with Crippen molar-refractivity contribution in [3.05, 3.63) is 48.0 Å². The standard InChI is InChI=1S/C15H16N2O2S/c16-15(19)13(9-20)17-14(18)8-11-6-3-5-10-4-1-2-7-12(10)11/h1-7,13,20H,8-9H2,(H2,16,19)(H,17,18)/t13-/m0/s1. The van der Waals surface area contributed by atoms with E-state index >= 15 is 0 Å². The lowest BCUT2D eigenvalue weighted by molar-refractivity contribution is -0.126. The van der Waals surface area contributed by atoms with E-state index in [1.807, 2.05) is 42.5 Å². The molecule has 0 aliphatic heterocycles. The van der Waals surface area contributed by atoms with Gasteiger partial charge in [-0.2, -0.15) is 12.6 Å². The zero-order chi connectivity index (χ0) is 14.5. The van der Waals surface area contributed by atoms with Gasteiger partial charge in [0, 0.05) is 5.75 Å². The fraction of sp³-hybridized carbons (Fsp3) is 0.200. The van der Waals surface area contributed by atoms with Gasteiger partial charge in [-0.1, -0.05) is 42.5 Å². The third-order valence-electron chi connectivity index (χ3n) is 3.09. The summed E-state index contributed by atoms with van der Waals surface area (Å²) in [6.07, 6.45) is 0.207. The van der Waals surface area contributed by atoms with E-state index in [0.29, 0.717) is 0 Å². The quantitative estimate of drug-likeness (QED) is 0.725. The van der Waals surface area contributed by atoms with Crippen molar-refractivity contribution in [2.75, 3.05) is 5.75 Å². The highest BCUT2D eigenvalue weighted by Crippen LogP contribution is 2.18. The third-order valence-corrected chi connectivity index (χ3v) is 3.46. The van der Waals surface area contributed by atoms with E-state index in [1.165, 1.54) is 0 Å². The monoisotopic (exact) mass is 288 g/mol. The molecule has 1 atom stereocenters. The Morgan fingerprint density at radius 3 is 2.55 bits per heavy atom. The SMILES string of the molecule is NC(=O)[C@H](CS)NC(=O)Cc1cccc2ccccc12. The Morgan fingerprint density at radius 1 is 1.15 bits per heavy atom. The largest absolute Gasteiger partial charge is 0.368 e. The maximum absolute atomic E-state index is 12.0. The molecule has 0 aliphatic carbocycles. The minimum Gasteiger partial charge on any atom is -0.368 e. The van der Waals surface area contributed by atoms with Crippen LogP contribution in [-0.2, 0) is 16.0 Å². The Kier molecular flexibility index (Phi) is 4.63. The van der Waals surface area contributed by atoms with E-state index in [4.69, 9.17) is 5.73 Å². The van der Waals surface area contributed by atoms with Crippen molar-refractivity contribution in [1.82, 2.24) is 5.32 Å². The number of amides is 2. The van der Waals surface area contributed by atoms with Crippen LogP contribution < -0.4 is 11.1 Å². The summed E-state index contributed by atoms with van der Waals surface area (Å²) in [6.45, 7) is 0. The zero-order valence-corrected chi connectivity index (χ0v) is 11.8. The van der Waals surface area contributed by atoms with Crippen LogP contribution in [0.5, 0.6) is 0 Å². The van der Waals surface area contributed by atoms with Crippen LogP contribution in [0.4, 0.5) is 0 Å². The second kappa shape index (κ2) is 6.43. The second-order valence-corrected chi connectivity index (χ2v) is 4.89. The average molecular weight is 288 g/mol. The number of primary amides is 1. The molecule has 4 nitrogen and oxygen atoms in total. The number of nitrogens with two attached hydrogens (primary N) is 1. The van der Waals surface area contributed by atoms with Crippen LogP contribution in [0, 0.1) is 0 Å². The number of carbonyl (C=O) groups excluding carboxylic acids is 2. The van der Waals surface area contributed by atoms with E-state index in [1.54, 1.807) is 0 Å². The number of thiol groups is 1. The van der Waals surface area contributed by atoms with Gasteiger partial charge in [0.05, 0.1) is 6.42 Å². The molecule has 0 radical (unpaired) electrons. The minimum atomic E-state index is -0.735. The van der Waals surface area contributed by atoms with E-state index in [0.717, 1.165) is 16.3 Å². The van der Waals surface area contributed by atoms with Gasteiger partial charge >= 0.3 is 0 Å². The average Bonchev–Trinajstić information content (AvgIpc) is 2.45. The first-order chi connectivity index (χ1) is 9.61. The maximum atomic E-state index is 12.0. The van der Waals surface area contributed by atoms with Crippen molar-refractivity contribution in [2.24, 2.45) is 5.73 Å². The number of benzene rings is 2. The van der Waals surface area contributed by atoms with Crippen molar-refractivity contribution in [1.29, 1.82) is 0 Å². The first-order valence-corrected chi connectivity index (χ1v) is 6.91. The highest BCUT2D eigenvalue weighted by Gasteiger charge is 2.16. The van der Waals surface area contributed by atoms with Gasteiger partial charge in [-0.3, -0.25) is 9.59 Å². The van der Waals surface area contributed by atoms with Gasteiger partial charge < -0.3 is 11.1 Å². The molecule has 2 amide bonds. The molecule has 20 heavy (non-hydrogen) atoms. The van der Waals surface area contributed by atoms with Gasteiger partial charge in [-0.05, 0) is 16.3 Å². The van der Waals surface area contributed by atoms with Crippen LogP contribution in [0.1, 0.15) is 5.56 Å². The predicted molar refractivity (Wildman–Crippen MR) is 82.6 cm³/mol. The highest BCUT2D eigenvalue weighted by molar-refractivity contribution is 7.80. The second-order valence-electron chi connectivity index (χ2n) is 4.52. The fourth-order valence-corrected chi connectivity index (χ4v) is 2.34.